The number of rotatable bonds is 7. The number of aromatic nitrogens is 2. The van der Waals surface area contributed by atoms with Crippen LogP contribution in [0.4, 0.5) is 0 Å². The Morgan fingerprint density at radius 3 is 2.42 bits per heavy atom. The SMILES string of the molecule is CCC(CC)(C(NN)c1c(OC)cnn1C)N(C)C. The second kappa shape index (κ2) is 6.36. The number of nitrogens with two attached hydrogens (primary N) is 1. The van der Waals surface area contributed by atoms with Gasteiger partial charge in [0.2, 0.25) is 0 Å². The fourth-order valence-corrected chi connectivity index (χ4v) is 2.95. The third kappa shape index (κ3) is 2.61. The molecule has 0 aliphatic rings. The van der Waals surface area contributed by atoms with E-state index < -0.39 is 0 Å². The van der Waals surface area contributed by atoms with Gasteiger partial charge in [0.25, 0.3) is 0 Å². The molecule has 6 nitrogen and oxygen atoms in total. The molecule has 0 radical (unpaired) electrons. The number of likely N-dealkylation sites (N-methyl/N-ethyl adjacent to an activating group) is 1. The molecule has 0 amide bonds. The quantitative estimate of drug-likeness (QED) is 0.572. The molecule has 0 saturated heterocycles. The number of aryl methyl sites for hydroxylation is 1. The van der Waals surface area contributed by atoms with Crippen molar-refractivity contribution in [2.75, 3.05) is 21.2 Å². The van der Waals surface area contributed by atoms with Crippen molar-refractivity contribution >= 4 is 0 Å². The lowest BCUT2D eigenvalue weighted by Gasteiger charge is -2.44. The van der Waals surface area contributed by atoms with Crippen molar-refractivity contribution in [3.05, 3.63) is 11.9 Å². The van der Waals surface area contributed by atoms with Gasteiger partial charge in [0, 0.05) is 12.6 Å². The predicted octanol–water partition coefficient (Wildman–Crippen LogP) is 1.05. The molecule has 1 unspecified atom stereocenters. The van der Waals surface area contributed by atoms with Gasteiger partial charge < -0.3 is 9.64 Å². The first-order valence-electron chi connectivity index (χ1n) is 6.67. The molecule has 0 bridgehead atoms. The molecule has 1 aromatic rings. The highest BCUT2D eigenvalue weighted by atomic mass is 16.5. The summed E-state index contributed by atoms with van der Waals surface area (Å²) >= 11 is 0. The van der Waals surface area contributed by atoms with Gasteiger partial charge in [-0.25, -0.2) is 5.43 Å². The van der Waals surface area contributed by atoms with Gasteiger partial charge in [0.05, 0.1) is 19.3 Å². The third-order valence-corrected chi connectivity index (χ3v) is 4.26. The van der Waals surface area contributed by atoms with Crippen molar-refractivity contribution in [1.29, 1.82) is 0 Å². The summed E-state index contributed by atoms with van der Waals surface area (Å²) in [6, 6.07) is -0.0556. The van der Waals surface area contributed by atoms with Crippen LogP contribution in [0.2, 0.25) is 0 Å². The van der Waals surface area contributed by atoms with E-state index in [9.17, 15) is 0 Å². The van der Waals surface area contributed by atoms with Gasteiger partial charge in [-0.15, -0.1) is 0 Å². The minimum atomic E-state index is -0.0875. The average Bonchev–Trinajstić information content (AvgIpc) is 2.76. The summed E-state index contributed by atoms with van der Waals surface area (Å²) in [4.78, 5) is 2.23. The zero-order valence-electron chi connectivity index (χ0n) is 12.9. The lowest BCUT2D eigenvalue weighted by Crippen LogP contribution is -2.55. The van der Waals surface area contributed by atoms with Crippen LogP contribution in [0, 0.1) is 0 Å². The van der Waals surface area contributed by atoms with E-state index in [0.29, 0.717) is 0 Å². The molecule has 6 heteroatoms. The lowest BCUT2D eigenvalue weighted by molar-refractivity contribution is 0.0832. The summed E-state index contributed by atoms with van der Waals surface area (Å²) in [5.74, 6) is 6.62. The van der Waals surface area contributed by atoms with Gasteiger partial charge in [-0.3, -0.25) is 10.5 Å². The fourth-order valence-electron chi connectivity index (χ4n) is 2.95. The normalized spacial score (nSPS) is 13.9. The largest absolute Gasteiger partial charge is 0.493 e. The topological polar surface area (TPSA) is 68.3 Å². The van der Waals surface area contributed by atoms with Gasteiger partial charge in [-0.05, 0) is 26.9 Å². The van der Waals surface area contributed by atoms with Gasteiger partial charge in [-0.1, -0.05) is 13.8 Å². The number of hydrazine groups is 1. The molecule has 0 aromatic carbocycles. The molecule has 0 aliphatic heterocycles. The maximum absolute atomic E-state index is 5.86. The molecule has 1 aromatic heterocycles. The second-order valence-electron chi connectivity index (χ2n) is 5.03. The van der Waals surface area contributed by atoms with Crippen molar-refractivity contribution in [2.24, 2.45) is 12.9 Å². The average molecular weight is 269 g/mol. The molecule has 1 rings (SSSR count). The van der Waals surface area contributed by atoms with E-state index in [1.807, 2.05) is 11.7 Å². The number of methoxy groups -OCH3 is 1. The van der Waals surface area contributed by atoms with Gasteiger partial charge >= 0.3 is 0 Å². The Hall–Kier alpha value is -1.11. The van der Waals surface area contributed by atoms with Crippen LogP contribution in [0.5, 0.6) is 5.75 Å². The zero-order chi connectivity index (χ0) is 14.6. The van der Waals surface area contributed by atoms with E-state index in [-0.39, 0.29) is 11.6 Å². The number of ether oxygens (including phenoxy) is 1. The highest BCUT2D eigenvalue weighted by molar-refractivity contribution is 5.31. The summed E-state index contributed by atoms with van der Waals surface area (Å²) < 4.78 is 7.24. The van der Waals surface area contributed by atoms with Crippen LogP contribution < -0.4 is 16.0 Å². The molecule has 0 spiro atoms. The van der Waals surface area contributed by atoms with E-state index >= 15 is 0 Å². The Labute approximate surface area is 115 Å². The molecular formula is C13H27N5O. The van der Waals surface area contributed by atoms with Crippen LogP contribution in [0.25, 0.3) is 0 Å². The summed E-state index contributed by atoms with van der Waals surface area (Å²) in [6.07, 6.45) is 3.67. The van der Waals surface area contributed by atoms with Gasteiger partial charge in [0.1, 0.15) is 5.69 Å². The van der Waals surface area contributed by atoms with E-state index in [4.69, 9.17) is 10.6 Å². The molecule has 0 aliphatic carbocycles. The zero-order valence-corrected chi connectivity index (χ0v) is 12.9. The smallest absolute Gasteiger partial charge is 0.161 e. The van der Waals surface area contributed by atoms with Crippen molar-refractivity contribution in [3.63, 3.8) is 0 Å². The predicted molar refractivity (Wildman–Crippen MR) is 76.8 cm³/mol. The Morgan fingerprint density at radius 2 is 2.05 bits per heavy atom. The van der Waals surface area contributed by atoms with E-state index in [1.54, 1.807) is 13.3 Å². The van der Waals surface area contributed by atoms with Crippen molar-refractivity contribution in [1.82, 2.24) is 20.1 Å². The number of nitrogens with one attached hydrogen (secondary N) is 1. The standard InChI is InChI=1S/C13H27N5O/c1-7-13(8-2,17(3)4)12(16-14)11-10(19-6)9-15-18(11)5/h9,12,16H,7-8,14H2,1-6H3. The molecule has 1 atom stereocenters. The first-order valence-corrected chi connectivity index (χ1v) is 6.67. The minimum Gasteiger partial charge on any atom is -0.493 e. The molecule has 1 heterocycles. The molecule has 19 heavy (non-hydrogen) atoms. The van der Waals surface area contributed by atoms with Crippen LogP contribution in [0.15, 0.2) is 6.20 Å². The Balaban J connectivity index is 3.35. The highest BCUT2D eigenvalue weighted by Crippen LogP contribution is 2.38. The maximum Gasteiger partial charge on any atom is 0.161 e. The Bertz CT molecular complexity index is 398. The first kappa shape index (κ1) is 15.9. The molecule has 110 valence electrons. The van der Waals surface area contributed by atoms with Gasteiger partial charge in [-0.2, -0.15) is 5.10 Å². The second-order valence-corrected chi connectivity index (χ2v) is 5.03. The van der Waals surface area contributed by atoms with Crippen LogP contribution in [0.1, 0.15) is 38.4 Å². The Morgan fingerprint density at radius 1 is 1.47 bits per heavy atom. The summed E-state index contributed by atoms with van der Waals surface area (Å²) in [5, 5.41) is 4.28. The van der Waals surface area contributed by atoms with Crippen LogP contribution in [-0.4, -0.2) is 41.4 Å². The van der Waals surface area contributed by atoms with Crippen molar-refractivity contribution < 1.29 is 4.74 Å². The van der Waals surface area contributed by atoms with Crippen LogP contribution in [-0.2, 0) is 7.05 Å². The van der Waals surface area contributed by atoms with Crippen molar-refractivity contribution in [3.8, 4) is 5.75 Å². The Kier molecular flexibility index (Phi) is 5.34. The lowest BCUT2D eigenvalue weighted by atomic mass is 9.81. The van der Waals surface area contributed by atoms with E-state index in [0.717, 1.165) is 24.3 Å². The minimum absolute atomic E-state index is 0.0556. The molecular weight excluding hydrogens is 242 g/mol. The number of hydrogen-bond donors (Lipinski definition) is 2. The van der Waals surface area contributed by atoms with Crippen LogP contribution >= 0.6 is 0 Å². The molecule has 3 N–H and O–H groups in total. The summed E-state index contributed by atoms with van der Waals surface area (Å²) in [7, 11) is 7.73. The molecule has 0 fully saturated rings. The monoisotopic (exact) mass is 269 g/mol. The maximum atomic E-state index is 5.86. The number of hydrogen-bond acceptors (Lipinski definition) is 5. The fraction of sp³-hybridized carbons (Fsp3) is 0.769. The molecule has 0 saturated carbocycles. The first-order chi connectivity index (χ1) is 8.98. The van der Waals surface area contributed by atoms with Crippen molar-refractivity contribution in [2.45, 2.75) is 38.3 Å². The van der Waals surface area contributed by atoms with E-state index in [1.165, 1.54) is 0 Å². The number of nitrogens with zero attached hydrogens (tertiary/aromatic N) is 3. The highest BCUT2D eigenvalue weighted by Gasteiger charge is 2.41. The van der Waals surface area contributed by atoms with Crippen LogP contribution in [0.3, 0.4) is 0 Å². The van der Waals surface area contributed by atoms with Gasteiger partial charge in [0.15, 0.2) is 5.75 Å². The van der Waals surface area contributed by atoms with E-state index in [2.05, 4.69) is 43.4 Å². The third-order valence-electron chi connectivity index (χ3n) is 4.26. The summed E-state index contributed by atoms with van der Waals surface area (Å²) in [5.41, 5.74) is 3.85. The summed E-state index contributed by atoms with van der Waals surface area (Å²) in [6.45, 7) is 4.35.